The number of benzene rings is 2. The maximum absolute atomic E-state index is 12.9. The van der Waals surface area contributed by atoms with Crippen LogP contribution in [-0.4, -0.2) is 11.8 Å². The van der Waals surface area contributed by atoms with Gasteiger partial charge in [0.1, 0.15) is 0 Å². The van der Waals surface area contributed by atoms with Gasteiger partial charge in [0.15, 0.2) is 0 Å². The van der Waals surface area contributed by atoms with E-state index in [0.717, 1.165) is 10.0 Å². The van der Waals surface area contributed by atoms with Crippen molar-refractivity contribution >= 4 is 56.6 Å². The maximum atomic E-state index is 12.9. The van der Waals surface area contributed by atoms with E-state index in [4.69, 9.17) is 23.2 Å². The highest BCUT2D eigenvalue weighted by Crippen LogP contribution is 2.39. The predicted octanol–water partition coefficient (Wildman–Crippen LogP) is 5.27. The molecule has 1 fully saturated rings. The number of hydrogen-bond donors (Lipinski definition) is 0. The Balaban J connectivity index is 1.91. The Hall–Kier alpha value is -1.36. The lowest BCUT2D eigenvalue weighted by Gasteiger charge is -2.22. The van der Waals surface area contributed by atoms with Gasteiger partial charge >= 0.3 is 0 Å². The van der Waals surface area contributed by atoms with E-state index in [2.05, 4.69) is 15.9 Å². The van der Waals surface area contributed by atoms with E-state index >= 15 is 0 Å². The molecule has 0 radical (unpaired) electrons. The monoisotopic (exact) mass is 425 g/mol. The first-order valence-electron chi connectivity index (χ1n) is 7.36. The lowest BCUT2D eigenvalue weighted by atomic mass is 9.82. The number of rotatable bonds is 3. The van der Waals surface area contributed by atoms with Gasteiger partial charge in [-0.25, -0.2) is 4.90 Å². The second kappa shape index (κ2) is 6.51. The number of imide groups is 1. The van der Waals surface area contributed by atoms with E-state index in [1.807, 2.05) is 31.2 Å². The van der Waals surface area contributed by atoms with Crippen molar-refractivity contribution in [2.75, 3.05) is 4.90 Å². The van der Waals surface area contributed by atoms with Gasteiger partial charge in [0.05, 0.1) is 11.1 Å². The normalized spacial score (nSPS) is 20.8. The minimum atomic E-state index is -0.778. The molecular weight excluding hydrogens is 413 g/mol. The van der Waals surface area contributed by atoms with Crippen LogP contribution in [0.4, 0.5) is 5.69 Å². The van der Waals surface area contributed by atoms with Crippen LogP contribution >= 0.6 is 39.1 Å². The highest BCUT2D eigenvalue weighted by atomic mass is 79.9. The number of halogens is 3. The largest absolute Gasteiger partial charge is 0.274 e. The molecule has 1 aliphatic heterocycles. The maximum Gasteiger partial charge on any atom is 0.240 e. The van der Waals surface area contributed by atoms with Crippen molar-refractivity contribution in [3.63, 3.8) is 0 Å². The molecule has 0 bridgehead atoms. The third-order valence-electron chi connectivity index (χ3n) is 4.12. The zero-order valence-corrected chi connectivity index (χ0v) is 16.0. The molecule has 0 aliphatic carbocycles. The number of anilines is 1. The molecule has 24 heavy (non-hydrogen) atoms. The molecule has 2 aromatic rings. The summed E-state index contributed by atoms with van der Waals surface area (Å²) < 4.78 is 0.973. The Morgan fingerprint density at radius 1 is 1.08 bits per heavy atom. The van der Waals surface area contributed by atoms with Crippen molar-refractivity contribution in [1.82, 2.24) is 0 Å². The van der Waals surface area contributed by atoms with Gasteiger partial charge in [-0.1, -0.05) is 51.3 Å². The van der Waals surface area contributed by atoms with Crippen LogP contribution in [0.1, 0.15) is 18.9 Å². The number of hydrogen-bond acceptors (Lipinski definition) is 2. The standard InChI is InChI=1S/C18H14BrCl2NO2/c1-18(9-11-2-4-12(19)5-3-11)10-16(23)22(17(18)24)15-7-13(20)6-14(21)8-15/h2-8H,9-10H2,1H3/t18-/m0/s1. The molecule has 2 amide bonds. The van der Waals surface area contributed by atoms with Crippen LogP contribution in [0, 0.1) is 5.41 Å². The third-order valence-corrected chi connectivity index (χ3v) is 5.09. The molecule has 0 N–H and O–H groups in total. The second-order valence-corrected chi connectivity index (χ2v) is 7.99. The fourth-order valence-electron chi connectivity index (χ4n) is 2.99. The molecule has 0 aromatic heterocycles. The molecule has 6 heteroatoms. The molecule has 0 unspecified atom stereocenters. The second-order valence-electron chi connectivity index (χ2n) is 6.20. The van der Waals surface area contributed by atoms with E-state index in [0.29, 0.717) is 22.2 Å². The summed E-state index contributed by atoms with van der Waals surface area (Å²) in [4.78, 5) is 26.6. The number of nitrogens with zero attached hydrogens (tertiary/aromatic N) is 1. The van der Waals surface area contributed by atoms with Crippen LogP contribution in [0.3, 0.4) is 0 Å². The van der Waals surface area contributed by atoms with Gasteiger partial charge in [0.25, 0.3) is 0 Å². The molecular formula is C18H14BrCl2NO2. The van der Waals surface area contributed by atoms with E-state index in [1.54, 1.807) is 18.2 Å². The summed E-state index contributed by atoms with van der Waals surface area (Å²) in [6, 6.07) is 12.5. The van der Waals surface area contributed by atoms with Gasteiger partial charge in [-0.2, -0.15) is 0 Å². The molecule has 3 rings (SSSR count). The smallest absolute Gasteiger partial charge is 0.240 e. The Morgan fingerprint density at radius 3 is 2.25 bits per heavy atom. The Morgan fingerprint density at radius 2 is 1.67 bits per heavy atom. The first-order chi connectivity index (χ1) is 11.3. The SMILES string of the molecule is C[C@]1(Cc2ccc(Br)cc2)CC(=O)N(c2cc(Cl)cc(Cl)c2)C1=O. The number of amides is 2. The van der Waals surface area contributed by atoms with E-state index in [9.17, 15) is 9.59 Å². The first-order valence-corrected chi connectivity index (χ1v) is 8.91. The summed E-state index contributed by atoms with van der Waals surface area (Å²) >= 11 is 15.4. The van der Waals surface area contributed by atoms with Crippen molar-refractivity contribution in [2.24, 2.45) is 5.41 Å². The predicted molar refractivity (Wildman–Crippen MR) is 99.5 cm³/mol. The highest BCUT2D eigenvalue weighted by molar-refractivity contribution is 9.10. The Labute approximate surface area is 158 Å². The molecule has 1 aliphatic rings. The molecule has 0 spiro atoms. The average molecular weight is 427 g/mol. The molecule has 1 saturated heterocycles. The van der Waals surface area contributed by atoms with Crippen LogP contribution in [-0.2, 0) is 16.0 Å². The van der Waals surface area contributed by atoms with Crippen molar-refractivity contribution in [3.05, 3.63) is 62.5 Å². The average Bonchev–Trinajstić information content (AvgIpc) is 2.70. The lowest BCUT2D eigenvalue weighted by Crippen LogP contribution is -2.35. The molecule has 124 valence electrons. The fourth-order valence-corrected chi connectivity index (χ4v) is 3.77. The van der Waals surface area contributed by atoms with Crippen LogP contribution in [0.15, 0.2) is 46.9 Å². The van der Waals surface area contributed by atoms with Gasteiger partial charge < -0.3 is 0 Å². The quantitative estimate of drug-likeness (QED) is 0.627. The zero-order valence-electron chi connectivity index (χ0n) is 12.9. The van der Waals surface area contributed by atoms with Crippen LogP contribution in [0.25, 0.3) is 0 Å². The third kappa shape index (κ3) is 3.37. The minimum Gasteiger partial charge on any atom is -0.274 e. The zero-order chi connectivity index (χ0) is 17.5. The van der Waals surface area contributed by atoms with E-state index in [1.165, 1.54) is 4.90 Å². The summed E-state index contributed by atoms with van der Waals surface area (Å²) in [5.41, 5.74) is 0.648. The first kappa shape index (κ1) is 17.5. The van der Waals surface area contributed by atoms with Crippen molar-refractivity contribution < 1.29 is 9.59 Å². The summed E-state index contributed by atoms with van der Waals surface area (Å²) in [5.74, 6) is -0.466. The fraction of sp³-hybridized carbons (Fsp3) is 0.222. The highest BCUT2D eigenvalue weighted by Gasteiger charge is 2.48. The minimum absolute atomic E-state index is 0.159. The van der Waals surface area contributed by atoms with Crippen molar-refractivity contribution in [1.29, 1.82) is 0 Å². The molecule has 0 saturated carbocycles. The summed E-state index contributed by atoms with van der Waals surface area (Å²) in [7, 11) is 0. The molecule has 1 heterocycles. The van der Waals surface area contributed by atoms with E-state index in [-0.39, 0.29) is 18.2 Å². The van der Waals surface area contributed by atoms with Crippen molar-refractivity contribution in [2.45, 2.75) is 19.8 Å². The molecule has 3 nitrogen and oxygen atoms in total. The van der Waals surface area contributed by atoms with Crippen LogP contribution < -0.4 is 4.90 Å². The van der Waals surface area contributed by atoms with Gasteiger partial charge in [-0.05, 0) is 49.2 Å². The number of carbonyl (C=O) groups is 2. The van der Waals surface area contributed by atoms with Crippen molar-refractivity contribution in [3.8, 4) is 0 Å². The van der Waals surface area contributed by atoms with Crippen LogP contribution in [0.2, 0.25) is 10.0 Å². The topological polar surface area (TPSA) is 37.4 Å². The van der Waals surface area contributed by atoms with Gasteiger partial charge in [0, 0.05) is 20.9 Å². The summed E-state index contributed by atoms with van der Waals surface area (Å²) in [6.07, 6.45) is 0.654. The summed E-state index contributed by atoms with van der Waals surface area (Å²) in [5, 5.41) is 0.777. The van der Waals surface area contributed by atoms with Crippen LogP contribution in [0.5, 0.6) is 0 Å². The molecule has 2 aromatic carbocycles. The summed E-state index contributed by atoms with van der Waals surface area (Å²) in [6.45, 7) is 1.82. The Kier molecular flexibility index (Phi) is 4.73. The lowest BCUT2D eigenvalue weighted by molar-refractivity contribution is -0.125. The molecule has 1 atom stereocenters. The Bertz CT molecular complexity index is 802. The van der Waals surface area contributed by atoms with Gasteiger partial charge in [-0.3, -0.25) is 9.59 Å². The van der Waals surface area contributed by atoms with E-state index < -0.39 is 5.41 Å². The number of carbonyl (C=O) groups excluding carboxylic acids is 2. The van der Waals surface area contributed by atoms with Gasteiger partial charge in [0.2, 0.25) is 11.8 Å². The van der Waals surface area contributed by atoms with Gasteiger partial charge in [-0.15, -0.1) is 0 Å².